The van der Waals surface area contributed by atoms with Gasteiger partial charge in [0.25, 0.3) is 0 Å². The SMILES string of the molecule is CC(=O)C[C@H](C(=O)O)C(C)C.CC(=O)C[C@H](C(=O)OC(C)OC(=O)N(C)[C@]1(c2ccccc2Cl)CCCCC1=O)C(C)C.CC(Cl)OC(=O)N(C)[C@]1(c2ccccc2Cl)CCCCC1=O. The Kier molecular flexibility index (Phi) is 22.6. The van der Waals surface area contributed by atoms with Gasteiger partial charge in [-0.2, -0.15) is 0 Å². The number of carbonyl (C=O) groups is 8. The van der Waals surface area contributed by atoms with E-state index in [1.807, 2.05) is 33.8 Å². The first-order valence-electron chi connectivity index (χ1n) is 21.9. The van der Waals surface area contributed by atoms with Crippen LogP contribution >= 0.6 is 34.8 Å². The normalized spacial score (nSPS) is 20.0. The summed E-state index contributed by atoms with van der Waals surface area (Å²) in [5.74, 6) is -3.03. The van der Waals surface area contributed by atoms with E-state index >= 15 is 0 Å². The maximum atomic E-state index is 13.1. The molecule has 6 atom stereocenters. The van der Waals surface area contributed by atoms with Gasteiger partial charge in [-0.15, -0.1) is 0 Å². The van der Waals surface area contributed by atoms with Crippen molar-refractivity contribution in [2.45, 2.75) is 143 Å². The largest absolute Gasteiger partial charge is 0.481 e. The van der Waals surface area contributed by atoms with Crippen LogP contribution in [0, 0.1) is 23.7 Å². The molecule has 4 rings (SSSR count). The summed E-state index contributed by atoms with van der Waals surface area (Å²) in [5, 5.41) is 9.50. The molecule has 0 saturated heterocycles. The predicted molar refractivity (Wildman–Crippen MR) is 247 cm³/mol. The number of carboxylic acids is 1. The Balaban J connectivity index is 0.000000378. The molecule has 2 aromatic carbocycles. The smallest absolute Gasteiger partial charge is 0.413 e. The standard InChI is InChI=1S/C24H32ClNO6.C16H19Cl2NO3.C8H14O3/c1-15(2)18(14-16(3)27)22(29)31-17(4)32-23(30)26(5)24(13-9-8-12-21(24)28)19-10-6-7-11-20(19)25;1-11(17)22-15(21)19(2)16(10-6-5-9-14(16)20)12-7-3-4-8-13(12)18;1-5(2)7(8(10)11)4-6(3)9/h6-7,10-11,15,17-18H,8-9,12-14H2,1-5H3;3-4,7-8,11H,5-6,9-10H2,1-2H3;5,7H,4H2,1-3H3,(H,10,11)/t17?,18-,24-;11?,16-;7-/m000/s1. The number of hydrogen-bond acceptors (Lipinski definition) is 11. The van der Waals surface area contributed by atoms with E-state index in [0.717, 1.165) is 25.7 Å². The van der Waals surface area contributed by atoms with Gasteiger partial charge in [-0.3, -0.25) is 29.0 Å². The number of carboxylic acid groups (broad SMARTS) is 1. The second kappa shape index (κ2) is 26.0. The van der Waals surface area contributed by atoms with E-state index in [1.165, 1.54) is 37.6 Å². The minimum atomic E-state index is -1.24. The van der Waals surface area contributed by atoms with E-state index in [1.54, 1.807) is 56.4 Å². The Labute approximate surface area is 397 Å². The van der Waals surface area contributed by atoms with E-state index in [0.29, 0.717) is 46.9 Å². The molecule has 0 heterocycles. The van der Waals surface area contributed by atoms with Crippen LogP contribution in [-0.2, 0) is 54.1 Å². The first-order chi connectivity index (χ1) is 30.3. The second-order valence-corrected chi connectivity index (χ2v) is 18.7. The van der Waals surface area contributed by atoms with Gasteiger partial charge in [0.05, 0.1) is 11.8 Å². The number of carbonyl (C=O) groups excluding carboxylic acids is 7. The lowest BCUT2D eigenvalue weighted by Crippen LogP contribution is -2.54. The van der Waals surface area contributed by atoms with Gasteiger partial charge in [0.1, 0.15) is 22.6 Å². The maximum absolute atomic E-state index is 13.1. The summed E-state index contributed by atoms with van der Waals surface area (Å²) in [4.78, 5) is 98.9. The highest BCUT2D eigenvalue weighted by Crippen LogP contribution is 2.44. The number of hydrogen-bond donors (Lipinski definition) is 1. The van der Waals surface area contributed by atoms with E-state index in [-0.39, 0.29) is 47.8 Å². The fourth-order valence-corrected chi connectivity index (χ4v) is 8.76. The zero-order valence-electron chi connectivity index (χ0n) is 39.1. The molecule has 0 bridgehead atoms. The quantitative estimate of drug-likeness (QED) is 0.101. The number of aliphatic carboxylic acids is 1. The van der Waals surface area contributed by atoms with Gasteiger partial charge in [0, 0.05) is 67.9 Å². The molecule has 1 N–H and O–H groups in total. The first kappa shape index (κ1) is 56.6. The van der Waals surface area contributed by atoms with Crippen LogP contribution in [0.25, 0.3) is 0 Å². The van der Waals surface area contributed by atoms with E-state index in [2.05, 4.69) is 0 Å². The highest BCUT2D eigenvalue weighted by atomic mass is 35.5. The van der Waals surface area contributed by atoms with Crippen molar-refractivity contribution in [3.8, 4) is 0 Å². The molecule has 0 spiro atoms. The summed E-state index contributed by atoms with van der Waals surface area (Å²) >= 11 is 18.5. The highest BCUT2D eigenvalue weighted by molar-refractivity contribution is 6.32. The highest BCUT2D eigenvalue weighted by Gasteiger charge is 2.50. The number of ether oxygens (including phenoxy) is 3. The van der Waals surface area contributed by atoms with Crippen LogP contribution in [0.1, 0.15) is 131 Å². The van der Waals surface area contributed by atoms with Crippen molar-refractivity contribution < 1.29 is 57.7 Å². The molecule has 14 nitrogen and oxygen atoms in total. The molecule has 2 saturated carbocycles. The maximum Gasteiger partial charge on any atom is 0.413 e. The molecule has 2 fully saturated rings. The lowest BCUT2D eigenvalue weighted by atomic mass is 9.74. The zero-order valence-corrected chi connectivity index (χ0v) is 41.4. The number of amides is 2. The van der Waals surface area contributed by atoms with Crippen molar-refractivity contribution in [2.24, 2.45) is 23.7 Å². The Bertz CT molecular complexity index is 2010. The molecule has 2 aliphatic rings. The molecule has 65 heavy (non-hydrogen) atoms. The van der Waals surface area contributed by atoms with E-state index in [4.69, 9.17) is 54.1 Å². The van der Waals surface area contributed by atoms with Crippen molar-refractivity contribution in [3.05, 3.63) is 69.7 Å². The molecular formula is C48H65Cl3N2O12. The first-order valence-corrected chi connectivity index (χ1v) is 23.1. The van der Waals surface area contributed by atoms with Crippen LogP contribution in [0.5, 0.6) is 0 Å². The van der Waals surface area contributed by atoms with Crippen LogP contribution in [0.2, 0.25) is 10.0 Å². The average Bonchev–Trinajstić information content (AvgIpc) is 3.22. The molecular weight excluding hydrogens is 903 g/mol. The molecule has 17 heteroatoms. The van der Waals surface area contributed by atoms with Gasteiger partial charge in [-0.05, 0) is 83.3 Å². The number of benzene rings is 2. The van der Waals surface area contributed by atoms with Gasteiger partial charge < -0.3 is 28.9 Å². The molecule has 2 aromatic rings. The van der Waals surface area contributed by atoms with Crippen LogP contribution in [0.4, 0.5) is 9.59 Å². The molecule has 0 aliphatic heterocycles. The fraction of sp³-hybridized carbons (Fsp3) is 0.583. The molecule has 0 radical (unpaired) electrons. The zero-order chi connectivity index (χ0) is 49.4. The summed E-state index contributed by atoms with van der Waals surface area (Å²) in [6.07, 6.45) is 2.43. The van der Waals surface area contributed by atoms with Crippen molar-refractivity contribution >= 4 is 82.1 Å². The lowest BCUT2D eigenvalue weighted by molar-refractivity contribution is -0.174. The Hall–Kier alpha value is -4.53. The summed E-state index contributed by atoms with van der Waals surface area (Å²) in [5.41, 5.74) is -1.90. The van der Waals surface area contributed by atoms with Crippen molar-refractivity contribution in [1.82, 2.24) is 9.80 Å². The number of esters is 1. The van der Waals surface area contributed by atoms with Crippen LogP contribution < -0.4 is 0 Å². The minimum absolute atomic E-state index is 0.0199. The molecule has 0 aromatic heterocycles. The number of rotatable bonds is 15. The third-order valence-corrected chi connectivity index (χ3v) is 12.4. The topological polar surface area (TPSA) is 191 Å². The minimum Gasteiger partial charge on any atom is -0.481 e. The van der Waals surface area contributed by atoms with Gasteiger partial charge in [-0.1, -0.05) is 98.9 Å². The average molecular weight is 968 g/mol. The monoisotopic (exact) mass is 966 g/mol. The Morgan fingerprint density at radius 3 is 1.34 bits per heavy atom. The molecule has 360 valence electrons. The summed E-state index contributed by atoms with van der Waals surface area (Å²) < 4.78 is 15.7. The van der Waals surface area contributed by atoms with Gasteiger partial charge in [0.15, 0.2) is 17.1 Å². The number of nitrogens with zero attached hydrogens (tertiary/aromatic N) is 2. The van der Waals surface area contributed by atoms with Crippen LogP contribution in [0.15, 0.2) is 48.5 Å². The summed E-state index contributed by atoms with van der Waals surface area (Å²) in [7, 11) is 3.06. The van der Waals surface area contributed by atoms with Gasteiger partial charge >= 0.3 is 24.1 Å². The van der Waals surface area contributed by atoms with Crippen LogP contribution in [0.3, 0.4) is 0 Å². The second-order valence-electron chi connectivity index (χ2n) is 17.2. The van der Waals surface area contributed by atoms with Crippen molar-refractivity contribution in [1.29, 1.82) is 0 Å². The number of ketones is 4. The number of Topliss-reactive ketones (excluding diaryl/α,β-unsaturated/α-hetero) is 4. The number of halogens is 3. The third kappa shape index (κ3) is 15.3. The third-order valence-electron chi connectivity index (χ3n) is 11.7. The van der Waals surface area contributed by atoms with Crippen molar-refractivity contribution in [3.63, 3.8) is 0 Å². The summed E-state index contributed by atoms with van der Waals surface area (Å²) in [6, 6.07) is 14.1. The number of alkyl halides is 1. The van der Waals surface area contributed by atoms with Crippen molar-refractivity contribution in [2.75, 3.05) is 14.1 Å². The Morgan fingerprint density at radius 2 is 1.02 bits per heavy atom. The predicted octanol–water partition coefficient (Wildman–Crippen LogP) is 10.5. The number of likely N-dealkylation sites (N-methyl/N-ethyl adjacent to an activating group) is 2. The summed E-state index contributed by atoms with van der Waals surface area (Å²) in [6.45, 7) is 13.1. The Morgan fingerprint density at radius 1 is 0.631 bits per heavy atom. The molecule has 2 aliphatic carbocycles. The fourth-order valence-electron chi connectivity index (χ4n) is 8.10. The lowest BCUT2D eigenvalue weighted by Gasteiger charge is -2.43. The van der Waals surface area contributed by atoms with Gasteiger partial charge in [0.2, 0.25) is 6.29 Å². The molecule has 2 amide bonds. The molecule has 2 unspecified atom stereocenters. The van der Waals surface area contributed by atoms with Gasteiger partial charge in [-0.25, -0.2) is 9.59 Å². The van der Waals surface area contributed by atoms with E-state index < -0.39 is 58.9 Å². The van der Waals surface area contributed by atoms with Crippen LogP contribution in [-0.4, -0.2) is 88.1 Å². The van der Waals surface area contributed by atoms with E-state index in [9.17, 15) is 38.4 Å².